The Hall–Kier alpha value is -1.85. The summed E-state index contributed by atoms with van der Waals surface area (Å²) < 4.78 is 0. The molecule has 4 N–H and O–H groups in total. The van der Waals surface area contributed by atoms with Gasteiger partial charge in [0.25, 0.3) is 5.56 Å². The zero-order valence-electron chi connectivity index (χ0n) is 7.37. The molecule has 0 aliphatic heterocycles. The monoisotopic (exact) mass is 191 g/mol. The number of fused-ring (bicyclic) bond motifs is 1. The summed E-state index contributed by atoms with van der Waals surface area (Å²) >= 11 is 0. The van der Waals surface area contributed by atoms with Crippen LogP contribution in [-0.2, 0) is 0 Å². The maximum Gasteiger partial charge on any atom is 0.277 e. The van der Waals surface area contributed by atoms with E-state index in [4.69, 9.17) is 5.73 Å². The zero-order valence-corrected chi connectivity index (χ0v) is 7.37. The molecule has 2 aromatic heterocycles. The van der Waals surface area contributed by atoms with Crippen LogP contribution in [0.5, 0.6) is 0 Å². The topological polar surface area (TPSA) is 100 Å². The molecule has 6 nitrogen and oxygen atoms in total. The maximum absolute atomic E-state index is 11.5. The summed E-state index contributed by atoms with van der Waals surface area (Å²) in [7, 11) is 0. The van der Waals surface area contributed by atoms with E-state index in [-0.39, 0.29) is 11.5 Å². The van der Waals surface area contributed by atoms with E-state index in [1.807, 2.05) is 0 Å². The fourth-order valence-electron chi connectivity index (χ4n) is 1.49. The van der Waals surface area contributed by atoms with Crippen molar-refractivity contribution in [2.24, 2.45) is 0 Å². The highest BCUT2D eigenvalue weighted by Crippen LogP contribution is 2.37. The minimum Gasteiger partial charge on any atom is -0.369 e. The number of anilines is 1. The molecule has 1 saturated carbocycles. The predicted molar refractivity (Wildman–Crippen MR) is 50.9 cm³/mol. The highest BCUT2D eigenvalue weighted by atomic mass is 16.1. The molecule has 1 fully saturated rings. The van der Waals surface area contributed by atoms with Crippen molar-refractivity contribution < 1.29 is 0 Å². The van der Waals surface area contributed by atoms with Crippen LogP contribution in [0.1, 0.15) is 24.6 Å². The van der Waals surface area contributed by atoms with Gasteiger partial charge >= 0.3 is 0 Å². The Morgan fingerprint density at radius 1 is 1.29 bits per heavy atom. The van der Waals surface area contributed by atoms with Gasteiger partial charge in [-0.1, -0.05) is 0 Å². The quantitative estimate of drug-likeness (QED) is 0.595. The van der Waals surface area contributed by atoms with Crippen LogP contribution in [0.2, 0.25) is 0 Å². The molecule has 2 aromatic rings. The molecule has 72 valence electrons. The number of aromatic amines is 2. The largest absolute Gasteiger partial charge is 0.369 e. The third kappa shape index (κ3) is 1.00. The van der Waals surface area contributed by atoms with Crippen LogP contribution < -0.4 is 11.3 Å². The second-order valence-corrected chi connectivity index (χ2v) is 3.55. The average molecular weight is 191 g/mol. The van der Waals surface area contributed by atoms with Gasteiger partial charge in [0, 0.05) is 5.92 Å². The summed E-state index contributed by atoms with van der Waals surface area (Å²) in [4.78, 5) is 25.1. The van der Waals surface area contributed by atoms with Crippen molar-refractivity contribution in [1.29, 1.82) is 0 Å². The molecule has 3 rings (SSSR count). The van der Waals surface area contributed by atoms with Crippen LogP contribution in [0, 0.1) is 0 Å². The van der Waals surface area contributed by atoms with Gasteiger partial charge in [-0.25, -0.2) is 4.98 Å². The van der Waals surface area contributed by atoms with Gasteiger partial charge in [-0.2, -0.15) is 4.98 Å². The number of nitrogens with zero attached hydrogens (tertiary/aromatic N) is 2. The van der Waals surface area contributed by atoms with E-state index in [1.165, 1.54) is 0 Å². The summed E-state index contributed by atoms with van der Waals surface area (Å²) in [6.07, 6.45) is 2.18. The van der Waals surface area contributed by atoms with Crippen molar-refractivity contribution in [3.63, 3.8) is 0 Å². The van der Waals surface area contributed by atoms with Gasteiger partial charge < -0.3 is 15.7 Å². The number of imidazole rings is 1. The Labute approximate surface area is 78.6 Å². The van der Waals surface area contributed by atoms with E-state index in [1.54, 1.807) is 0 Å². The lowest BCUT2D eigenvalue weighted by Crippen LogP contribution is -2.11. The first-order valence-corrected chi connectivity index (χ1v) is 4.49. The smallest absolute Gasteiger partial charge is 0.277 e. The molecule has 1 aliphatic carbocycles. The van der Waals surface area contributed by atoms with Gasteiger partial charge in [-0.3, -0.25) is 4.79 Å². The number of H-pyrrole nitrogens is 2. The van der Waals surface area contributed by atoms with Crippen molar-refractivity contribution in [3.05, 3.63) is 16.2 Å². The fraction of sp³-hybridized carbons (Fsp3) is 0.375. The third-order valence-electron chi connectivity index (χ3n) is 2.36. The molecule has 0 amide bonds. The van der Waals surface area contributed by atoms with E-state index in [9.17, 15) is 4.79 Å². The summed E-state index contributed by atoms with van der Waals surface area (Å²) in [6, 6.07) is 0. The van der Waals surface area contributed by atoms with Crippen molar-refractivity contribution in [2.45, 2.75) is 18.8 Å². The second-order valence-electron chi connectivity index (χ2n) is 3.55. The van der Waals surface area contributed by atoms with Crippen molar-refractivity contribution >= 4 is 17.1 Å². The molecule has 14 heavy (non-hydrogen) atoms. The Morgan fingerprint density at radius 2 is 2.07 bits per heavy atom. The lowest BCUT2D eigenvalue weighted by molar-refractivity contribution is 0.926. The molecule has 0 saturated heterocycles. The number of hydrogen-bond acceptors (Lipinski definition) is 4. The molecule has 0 atom stereocenters. The molecule has 6 heteroatoms. The number of nitrogens with one attached hydrogen (secondary N) is 2. The van der Waals surface area contributed by atoms with Gasteiger partial charge in [0.2, 0.25) is 0 Å². The Bertz CT molecular complexity index is 550. The standard InChI is InChI=1S/C8H9N5O/c9-8-10-4-6(13-8)11-5(3-1-2-3)12-7(4)14/h3H,1-2H2,(H4,9,10,11,12,13,14). The Kier molecular flexibility index (Phi) is 1.26. The Balaban J connectivity index is 2.32. The molecule has 0 radical (unpaired) electrons. The predicted octanol–water partition coefficient (Wildman–Crippen LogP) is 0.106. The molecule has 0 spiro atoms. The Morgan fingerprint density at radius 3 is 2.79 bits per heavy atom. The van der Waals surface area contributed by atoms with Crippen LogP contribution in [0.3, 0.4) is 0 Å². The lowest BCUT2D eigenvalue weighted by atomic mass is 10.4. The van der Waals surface area contributed by atoms with E-state index >= 15 is 0 Å². The van der Waals surface area contributed by atoms with Crippen LogP contribution in [0.25, 0.3) is 11.2 Å². The summed E-state index contributed by atoms with van der Waals surface area (Å²) in [5, 5.41) is 0. The second kappa shape index (κ2) is 2.34. The molecule has 0 aromatic carbocycles. The minimum absolute atomic E-state index is 0.193. The van der Waals surface area contributed by atoms with Gasteiger partial charge in [0.05, 0.1) is 0 Å². The number of nitrogen functional groups attached to an aromatic ring is 1. The van der Waals surface area contributed by atoms with Crippen molar-refractivity contribution in [3.8, 4) is 0 Å². The van der Waals surface area contributed by atoms with Gasteiger partial charge in [-0.15, -0.1) is 0 Å². The van der Waals surface area contributed by atoms with Crippen LogP contribution >= 0.6 is 0 Å². The molecule has 0 bridgehead atoms. The minimum atomic E-state index is -0.193. The van der Waals surface area contributed by atoms with Crippen molar-refractivity contribution in [2.75, 3.05) is 5.73 Å². The van der Waals surface area contributed by atoms with Crippen LogP contribution in [0.15, 0.2) is 4.79 Å². The third-order valence-corrected chi connectivity index (χ3v) is 2.36. The highest BCUT2D eigenvalue weighted by molar-refractivity contribution is 5.71. The fourth-order valence-corrected chi connectivity index (χ4v) is 1.49. The normalized spacial score (nSPS) is 16.3. The SMILES string of the molecule is Nc1nc2nc(C3CC3)[nH]c(=O)c2[nH]1. The van der Waals surface area contributed by atoms with Crippen LogP contribution in [-0.4, -0.2) is 19.9 Å². The maximum atomic E-state index is 11.5. The van der Waals surface area contributed by atoms with E-state index in [0.717, 1.165) is 18.7 Å². The average Bonchev–Trinajstić information content (AvgIpc) is 2.89. The van der Waals surface area contributed by atoms with E-state index < -0.39 is 0 Å². The first-order chi connectivity index (χ1) is 6.74. The van der Waals surface area contributed by atoms with Gasteiger partial charge in [0.1, 0.15) is 5.82 Å². The first kappa shape index (κ1) is 7.54. The molecule has 1 aliphatic rings. The summed E-state index contributed by atoms with van der Waals surface area (Å²) in [6.45, 7) is 0. The van der Waals surface area contributed by atoms with E-state index in [2.05, 4.69) is 19.9 Å². The van der Waals surface area contributed by atoms with E-state index in [0.29, 0.717) is 17.1 Å². The van der Waals surface area contributed by atoms with Gasteiger partial charge in [-0.05, 0) is 12.8 Å². The highest BCUT2D eigenvalue weighted by Gasteiger charge is 2.27. The zero-order chi connectivity index (χ0) is 9.71. The summed E-state index contributed by atoms with van der Waals surface area (Å²) in [5.74, 6) is 1.37. The number of hydrogen-bond donors (Lipinski definition) is 3. The number of rotatable bonds is 1. The van der Waals surface area contributed by atoms with Crippen LogP contribution in [0.4, 0.5) is 5.95 Å². The summed E-state index contributed by atoms with van der Waals surface area (Å²) in [5.41, 5.74) is 6.01. The van der Waals surface area contributed by atoms with Gasteiger partial charge in [0.15, 0.2) is 17.1 Å². The molecule has 0 unspecified atom stereocenters. The number of aromatic nitrogens is 4. The molecular weight excluding hydrogens is 182 g/mol. The van der Waals surface area contributed by atoms with Crippen molar-refractivity contribution in [1.82, 2.24) is 19.9 Å². The molecule has 2 heterocycles. The first-order valence-electron chi connectivity index (χ1n) is 4.49. The molecular formula is C8H9N5O. The number of nitrogens with two attached hydrogens (primary N) is 1. The lowest BCUT2D eigenvalue weighted by Gasteiger charge is -1.94.